The lowest BCUT2D eigenvalue weighted by molar-refractivity contribution is 0.0606. The molecule has 0 saturated carbocycles. The van der Waals surface area contributed by atoms with E-state index in [1.165, 1.54) is 0 Å². The Bertz CT molecular complexity index is 912. The molecule has 28 heavy (non-hydrogen) atoms. The van der Waals surface area contributed by atoms with Gasteiger partial charge in [0.25, 0.3) is 5.91 Å². The third-order valence-corrected chi connectivity index (χ3v) is 5.16. The van der Waals surface area contributed by atoms with Crippen LogP contribution in [0, 0.1) is 0 Å². The molecule has 4 nitrogen and oxygen atoms in total. The van der Waals surface area contributed by atoms with E-state index < -0.39 is 0 Å². The maximum atomic E-state index is 13.1. The molecule has 1 aliphatic heterocycles. The second kappa shape index (κ2) is 8.70. The Morgan fingerprint density at radius 1 is 0.964 bits per heavy atom. The van der Waals surface area contributed by atoms with Crippen LogP contribution in [0.2, 0.25) is 0 Å². The zero-order valence-electron chi connectivity index (χ0n) is 15.8. The first-order valence-electron chi connectivity index (χ1n) is 9.80. The van der Waals surface area contributed by atoms with Crippen molar-refractivity contribution in [1.82, 2.24) is 9.88 Å². The van der Waals surface area contributed by atoms with Gasteiger partial charge in [-0.05, 0) is 43.0 Å². The van der Waals surface area contributed by atoms with Crippen molar-refractivity contribution in [2.45, 2.75) is 31.9 Å². The summed E-state index contributed by atoms with van der Waals surface area (Å²) >= 11 is 0. The van der Waals surface area contributed by atoms with E-state index in [1.807, 2.05) is 77.7 Å². The Morgan fingerprint density at radius 3 is 2.50 bits per heavy atom. The van der Waals surface area contributed by atoms with Crippen molar-refractivity contribution in [2.75, 3.05) is 6.54 Å². The van der Waals surface area contributed by atoms with Gasteiger partial charge < -0.3 is 9.64 Å². The Balaban J connectivity index is 1.58. The number of hydrogen-bond acceptors (Lipinski definition) is 3. The molecule has 4 rings (SSSR count). The maximum Gasteiger partial charge on any atom is 0.254 e. The van der Waals surface area contributed by atoms with Crippen molar-refractivity contribution < 1.29 is 9.53 Å². The average molecular weight is 372 g/mol. The molecule has 0 aliphatic carbocycles. The molecule has 0 radical (unpaired) electrons. The third-order valence-electron chi connectivity index (χ3n) is 5.16. The Hall–Kier alpha value is -3.14. The van der Waals surface area contributed by atoms with Crippen LogP contribution < -0.4 is 4.74 Å². The fraction of sp³-hybridized carbons (Fsp3) is 0.250. The SMILES string of the molecule is O=C(c1ccccc1)N1CCCC[C@H]1c1cccnc1OCc1ccccc1. The van der Waals surface area contributed by atoms with Crippen LogP contribution in [0.1, 0.15) is 46.8 Å². The van der Waals surface area contributed by atoms with Crippen LogP contribution in [0.15, 0.2) is 79.0 Å². The van der Waals surface area contributed by atoms with Gasteiger partial charge in [-0.3, -0.25) is 4.79 Å². The average Bonchev–Trinajstić information content (AvgIpc) is 2.79. The summed E-state index contributed by atoms with van der Waals surface area (Å²) in [6.07, 6.45) is 4.79. The van der Waals surface area contributed by atoms with Crippen LogP contribution in [0.25, 0.3) is 0 Å². The smallest absolute Gasteiger partial charge is 0.254 e. The molecule has 0 N–H and O–H groups in total. The number of aromatic nitrogens is 1. The van der Waals surface area contributed by atoms with Crippen LogP contribution in [-0.2, 0) is 6.61 Å². The highest BCUT2D eigenvalue weighted by Gasteiger charge is 2.31. The molecule has 1 aromatic heterocycles. The quantitative estimate of drug-likeness (QED) is 0.631. The second-order valence-corrected chi connectivity index (χ2v) is 7.05. The topological polar surface area (TPSA) is 42.4 Å². The van der Waals surface area contributed by atoms with Gasteiger partial charge in [-0.25, -0.2) is 4.98 Å². The predicted molar refractivity (Wildman–Crippen MR) is 109 cm³/mol. The van der Waals surface area contributed by atoms with E-state index >= 15 is 0 Å². The molecule has 4 heteroatoms. The van der Waals surface area contributed by atoms with Gasteiger partial charge in [0.15, 0.2) is 0 Å². The first kappa shape index (κ1) is 18.2. The molecule has 1 fully saturated rings. The van der Waals surface area contributed by atoms with Gasteiger partial charge in [0.2, 0.25) is 5.88 Å². The lowest BCUT2D eigenvalue weighted by Gasteiger charge is -2.36. The zero-order valence-corrected chi connectivity index (χ0v) is 15.8. The maximum absolute atomic E-state index is 13.1. The summed E-state index contributed by atoms with van der Waals surface area (Å²) in [6.45, 7) is 1.22. The van der Waals surface area contributed by atoms with Crippen molar-refractivity contribution >= 4 is 5.91 Å². The van der Waals surface area contributed by atoms with E-state index in [0.29, 0.717) is 12.5 Å². The number of carbonyl (C=O) groups excluding carboxylic acids is 1. The van der Waals surface area contributed by atoms with Crippen LogP contribution in [0.5, 0.6) is 5.88 Å². The standard InChI is InChI=1S/C24H24N2O2/c27-24(20-12-5-2-6-13-20)26-17-8-7-15-22(26)21-14-9-16-25-23(21)28-18-19-10-3-1-4-11-19/h1-6,9-14,16,22H,7-8,15,17-18H2/t22-/m0/s1. The van der Waals surface area contributed by atoms with Crippen molar-refractivity contribution in [2.24, 2.45) is 0 Å². The van der Waals surface area contributed by atoms with Gasteiger partial charge in [-0.15, -0.1) is 0 Å². The molecule has 2 heterocycles. The highest BCUT2D eigenvalue weighted by molar-refractivity contribution is 5.94. The fourth-order valence-corrected chi connectivity index (χ4v) is 3.75. The predicted octanol–water partition coefficient (Wildman–Crippen LogP) is 5.03. The number of benzene rings is 2. The number of carbonyl (C=O) groups is 1. The van der Waals surface area contributed by atoms with Crippen LogP contribution in [0.4, 0.5) is 0 Å². The molecule has 1 saturated heterocycles. The summed E-state index contributed by atoms with van der Waals surface area (Å²) in [5.41, 5.74) is 2.81. The zero-order chi connectivity index (χ0) is 19.2. The van der Waals surface area contributed by atoms with Gasteiger partial charge in [-0.1, -0.05) is 54.6 Å². The summed E-state index contributed by atoms with van der Waals surface area (Å²) < 4.78 is 6.06. The number of likely N-dealkylation sites (tertiary alicyclic amines) is 1. The van der Waals surface area contributed by atoms with Crippen LogP contribution in [0.3, 0.4) is 0 Å². The molecule has 1 amide bonds. The van der Waals surface area contributed by atoms with E-state index in [-0.39, 0.29) is 11.9 Å². The Kier molecular flexibility index (Phi) is 5.66. The fourth-order valence-electron chi connectivity index (χ4n) is 3.75. The van der Waals surface area contributed by atoms with Gasteiger partial charge in [-0.2, -0.15) is 0 Å². The molecule has 1 atom stereocenters. The lowest BCUT2D eigenvalue weighted by Crippen LogP contribution is -2.38. The van der Waals surface area contributed by atoms with Crippen molar-refractivity contribution in [3.05, 3.63) is 95.7 Å². The molecule has 1 aliphatic rings. The highest BCUT2D eigenvalue weighted by Crippen LogP contribution is 2.36. The van der Waals surface area contributed by atoms with Gasteiger partial charge in [0, 0.05) is 23.9 Å². The lowest BCUT2D eigenvalue weighted by atomic mass is 9.95. The molecular weight excluding hydrogens is 348 g/mol. The van der Waals surface area contributed by atoms with Crippen molar-refractivity contribution in [3.8, 4) is 5.88 Å². The number of ether oxygens (including phenoxy) is 1. The summed E-state index contributed by atoms with van der Waals surface area (Å²) in [5, 5.41) is 0. The summed E-state index contributed by atoms with van der Waals surface area (Å²) in [7, 11) is 0. The summed E-state index contributed by atoms with van der Waals surface area (Å²) in [5.74, 6) is 0.687. The largest absolute Gasteiger partial charge is 0.473 e. The molecule has 0 bridgehead atoms. The normalized spacial score (nSPS) is 16.6. The number of pyridine rings is 1. The first-order valence-corrected chi connectivity index (χ1v) is 9.80. The highest BCUT2D eigenvalue weighted by atomic mass is 16.5. The van der Waals surface area contributed by atoms with Gasteiger partial charge in [0.1, 0.15) is 6.61 Å². The van der Waals surface area contributed by atoms with E-state index in [0.717, 1.165) is 42.5 Å². The minimum Gasteiger partial charge on any atom is -0.473 e. The van der Waals surface area contributed by atoms with Crippen LogP contribution >= 0.6 is 0 Å². The molecule has 2 aromatic carbocycles. The number of amides is 1. The number of piperidine rings is 1. The third kappa shape index (κ3) is 4.06. The molecule has 3 aromatic rings. The number of rotatable bonds is 5. The first-order chi connectivity index (χ1) is 13.8. The van der Waals surface area contributed by atoms with E-state index in [9.17, 15) is 4.79 Å². The van der Waals surface area contributed by atoms with E-state index in [1.54, 1.807) is 6.20 Å². The van der Waals surface area contributed by atoms with Gasteiger partial charge >= 0.3 is 0 Å². The van der Waals surface area contributed by atoms with Crippen molar-refractivity contribution in [1.29, 1.82) is 0 Å². The van der Waals surface area contributed by atoms with Crippen LogP contribution in [-0.4, -0.2) is 22.3 Å². The summed E-state index contributed by atoms with van der Waals surface area (Å²) in [6, 6.07) is 23.5. The number of nitrogens with zero attached hydrogens (tertiary/aromatic N) is 2. The van der Waals surface area contributed by atoms with Gasteiger partial charge in [0.05, 0.1) is 6.04 Å². The van der Waals surface area contributed by atoms with Crippen molar-refractivity contribution in [3.63, 3.8) is 0 Å². The van der Waals surface area contributed by atoms with E-state index in [2.05, 4.69) is 4.98 Å². The molecular formula is C24H24N2O2. The Labute approximate surface area is 165 Å². The minimum atomic E-state index is -0.0130. The molecule has 0 unspecified atom stereocenters. The second-order valence-electron chi connectivity index (χ2n) is 7.05. The Morgan fingerprint density at radius 2 is 1.71 bits per heavy atom. The summed E-state index contributed by atoms with van der Waals surface area (Å²) in [4.78, 5) is 19.6. The molecule has 142 valence electrons. The monoisotopic (exact) mass is 372 g/mol. The van der Waals surface area contributed by atoms with E-state index in [4.69, 9.17) is 4.74 Å². The molecule has 0 spiro atoms. The minimum absolute atomic E-state index is 0.0130. The number of hydrogen-bond donors (Lipinski definition) is 0.